The molecule has 0 amide bonds. The van der Waals surface area contributed by atoms with Crippen LogP contribution in [0.15, 0.2) is 40.9 Å². The first-order valence-electron chi connectivity index (χ1n) is 6.75. The van der Waals surface area contributed by atoms with E-state index in [1.54, 1.807) is 0 Å². The summed E-state index contributed by atoms with van der Waals surface area (Å²) in [6.07, 6.45) is 2.37. The normalized spacial score (nSPS) is 17.3. The van der Waals surface area contributed by atoms with Crippen LogP contribution >= 0.6 is 15.9 Å². The second-order valence-electron chi connectivity index (χ2n) is 5.46. The lowest BCUT2D eigenvalue weighted by Crippen LogP contribution is -2.07. The second kappa shape index (κ2) is 5.01. The van der Waals surface area contributed by atoms with Gasteiger partial charge in [0.05, 0.1) is 6.04 Å². The van der Waals surface area contributed by atoms with Gasteiger partial charge in [-0.1, -0.05) is 39.7 Å². The number of hydrogen-bond donors (Lipinski definition) is 1. The Balaban J connectivity index is 1.88. The molecule has 1 aliphatic carbocycles. The van der Waals surface area contributed by atoms with Crippen molar-refractivity contribution >= 4 is 21.6 Å². The Labute approximate surface area is 123 Å². The standard InChI is InChI=1S/C17H18BrN/c1-11-3-4-13-5-6-17(16(13)9-11)19-15-8-12(2)7-14(18)10-15/h3-4,7-10,17,19H,5-6H2,1-2H3. The molecule has 1 aliphatic rings. The van der Waals surface area contributed by atoms with E-state index in [1.807, 2.05) is 0 Å². The van der Waals surface area contributed by atoms with Gasteiger partial charge in [-0.15, -0.1) is 0 Å². The summed E-state index contributed by atoms with van der Waals surface area (Å²) in [5.74, 6) is 0. The van der Waals surface area contributed by atoms with Crippen LogP contribution in [0.4, 0.5) is 5.69 Å². The van der Waals surface area contributed by atoms with Gasteiger partial charge in [0.25, 0.3) is 0 Å². The van der Waals surface area contributed by atoms with Gasteiger partial charge in [-0.25, -0.2) is 0 Å². The molecule has 1 nitrogen and oxygen atoms in total. The molecule has 0 saturated heterocycles. The fourth-order valence-electron chi connectivity index (χ4n) is 2.89. The smallest absolute Gasteiger partial charge is 0.0519 e. The van der Waals surface area contributed by atoms with Gasteiger partial charge >= 0.3 is 0 Å². The molecule has 1 unspecified atom stereocenters. The highest BCUT2D eigenvalue weighted by Crippen LogP contribution is 2.35. The zero-order valence-electron chi connectivity index (χ0n) is 11.3. The van der Waals surface area contributed by atoms with E-state index in [0.717, 1.165) is 4.47 Å². The summed E-state index contributed by atoms with van der Waals surface area (Å²) in [6, 6.07) is 13.8. The number of rotatable bonds is 2. The van der Waals surface area contributed by atoms with Crippen LogP contribution in [0.1, 0.15) is 34.7 Å². The van der Waals surface area contributed by atoms with Crippen molar-refractivity contribution in [2.24, 2.45) is 0 Å². The number of hydrogen-bond acceptors (Lipinski definition) is 1. The largest absolute Gasteiger partial charge is 0.378 e. The Bertz CT molecular complexity index is 598. The SMILES string of the molecule is Cc1cc(Br)cc(NC2CCc3ccc(C)cc32)c1. The second-order valence-corrected chi connectivity index (χ2v) is 6.37. The highest BCUT2D eigenvalue weighted by molar-refractivity contribution is 9.10. The summed E-state index contributed by atoms with van der Waals surface area (Å²) < 4.78 is 1.14. The van der Waals surface area contributed by atoms with E-state index in [1.165, 1.54) is 40.8 Å². The highest BCUT2D eigenvalue weighted by Gasteiger charge is 2.22. The summed E-state index contributed by atoms with van der Waals surface area (Å²) in [5, 5.41) is 3.68. The lowest BCUT2D eigenvalue weighted by molar-refractivity contribution is 0.761. The molecule has 0 saturated carbocycles. The van der Waals surface area contributed by atoms with E-state index in [9.17, 15) is 0 Å². The lowest BCUT2D eigenvalue weighted by atomic mass is 10.0. The Kier molecular flexibility index (Phi) is 3.36. The molecule has 19 heavy (non-hydrogen) atoms. The molecule has 0 radical (unpaired) electrons. The fourth-order valence-corrected chi connectivity index (χ4v) is 3.50. The molecule has 3 rings (SSSR count). The van der Waals surface area contributed by atoms with Crippen molar-refractivity contribution in [2.75, 3.05) is 5.32 Å². The molecule has 0 fully saturated rings. The van der Waals surface area contributed by atoms with Crippen molar-refractivity contribution in [3.05, 3.63) is 63.1 Å². The number of anilines is 1. The van der Waals surface area contributed by atoms with E-state index in [-0.39, 0.29) is 0 Å². The third-order valence-corrected chi connectivity index (χ3v) is 4.22. The predicted octanol–water partition coefficient (Wildman–Crippen LogP) is 5.17. The van der Waals surface area contributed by atoms with Crippen LogP contribution in [0.25, 0.3) is 0 Å². The van der Waals surface area contributed by atoms with Gasteiger partial charge < -0.3 is 5.32 Å². The number of nitrogens with one attached hydrogen (secondary N) is 1. The van der Waals surface area contributed by atoms with E-state index in [2.05, 4.69) is 71.5 Å². The molecule has 2 aromatic carbocycles. The molecule has 2 aromatic rings. The summed E-state index contributed by atoms with van der Waals surface area (Å²) in [6.45, 7) is 4.29. The zero-order valence-corrected chi connectivity index (χ0v) is 12.9. The Hall–Kier alpha value is -1.28. The molecule has 0 aromatic heterocycles. The number of fused-ring (bicyclic) bond motifs is 1. The van der Waals surface area contributed by atoms with Gasteiger partial charge in [-0.3, -0.25) is 0 Å². The molecule has 0 aliphatic heterocycles. The first-order valence-corrected chi connectivity index (χ1v) is 7.54. The quantitative estimate of drug-likeness (QED) is 0.806. The molecule has 1 atom stereocenters. The van der Waals surface area contributed by atoms with Gasteiger partial charge in [0.2, 0.25) is 0 Å². The molecular formula is C17H18BrN. The Morgan fingerprint density at radius 1 is 1.05 bits per heavy atom. The average Bonchev–Trinajstić information content (AvgIpc) is 2.70. The maximum atomic E-state index is 3.68. The summed E-state index contributed by atoms with van der Waals surface area (Å²) >= 11 is 3.57. The van der Waals surface area contributed by atoms with Crippen molar-refractivity contribution in [1.29, 1.82) is 0 Å². The van der Waals surface area contributed by atoms with Gasteiger partial charge in [0.15, 0.2) is 0 Å². The van der Waals surface area contributed by atoms with Crippen molar-refractivity contribution in [1.82, 2.24) is 0 Å². The number of benzene rings is 2. The first kappa shape index (κ1) is 12.7. The monoisotopic (exact) mass is 315 g/mol. The molecular weight excluding hydrogens is 298 g/mol. The van der Waals surface area contributed by atoms with Crippen LogP contribution in [0.2, 0.25) is 0 Å². The van der Waals surface area contributed by atoms with E-state index >= 15 is 0 Å². The van der Waals surface area contributed by atoms with E-state index in [4.69, 9.17) is 0 Å². The zero-order chi connectivity index (χ0) is 13.4. The van der Waals surface area contributed by atoms with Crippen molar-refractivity contribution in [2.45, 2.75) is 32.7 Å². The number of aryl methyl sites for hydroxylation is 3. The minimum absolute atomic E-state index is 0.448. The van der Waals surface area contributed by atoms with Crippen LogP contribution in [0.3, 0.4) is 0 Å². The number of halogens is 1. The van der Waals surface area contributed by atoms with E-state index < -0.39 is 0 Å². The maximum Gasteiger partial charge on any atom is 0.0519 e. The minimum Gasteiger partial charge on any atom is -0.378 e. The molecule has 0 bridgehead atoms. The summed E-state index contributed by atoms with van der Waals surface area (Å²) in [7, 11) is 0. The Morgan fingerprint density at radius 2 is 1.89 bits per heavy atom. The van der Waals surface area contributed by atoms with Crippen LogP contribution in [-0.4, -0.2) is 0 Å². The average molecular weight is 316 g/mol. The van der Waals surface area contributed by atoms with Gasteiger partial charge in [-0.2, -0.15) is 0 Å². The lowest BCUT2D eigenvalue weighted by Gasteiger charge is -2.17. The van der Waals surface area contributed by atoms with Crippen molar-refractivity contribution in [3.8, 4) is 0 Å². The molecule has 1 N–H and O–H groups in total. The van der Waals surface area contributed by atoms with Crippen LogP contribution in [0.5, 0.6) is 0 Å². The van der Waals surface area contributed by atoms with Crippen LogP contribution in [-0.2, 0) is 6.42 Å². The molecule has 0 spiro atoms. The van der Waals surface area contributed by atoms with Crippen molar-refractivity contribution < 1.29 is 0 Å². The third-order valence-electron chi connectivity index (χ3n) is 3.76. The fraction of sp³-hybridized carbons (Fsp3) is 0.294. The molecule has 2 heteroatoms. The van der Waals surface area contributed by atoms with Gasteiger partial charge in [0.1, 0.15) is 0 Å². The molecule has 0 heterocycles. The highest BCUT2D eigenvalue weighted by atomic mass is 79.9. The van der Waals surface area contributed by atoms with Crippen LogP contribution < -0.4 is 5.32 Å². The third kappa shape index (κ3) is 2.69. The van der Waals surface area contributed by atoms with Gasteiger partial charge in [0, 0.05) is 10.2 Å². The summed E-state index contributed by atoms with van der Waals surface area (Å²) in [4.78, 5) is 0. The predicted molar refractivity (Wildman–Crippen MR) is 84.7 cm³/mol. The first-order chi connectivity index (χ1) is 9.11. The Morgan fingerprint density at radius 3 is 2.68 bits per heavy atom. The van der Waals surface area contributed by atoms with Gasteiger partial charge in [-0.05, 0) is 61.6 Å². The van der Waals surface area contributed by atoms with Crippen LogP contribution in [0, 0.1) is 13.8 Å². The van der Waals surface area contributed by atoms with Crippen molar-refractivity contribution in [3.63, 3.8) is 0 Å². The van der Waals surface area contributed by atoms with E-state index in [0.29, 0.717) is 6.04 Å². The summed E-state index contributed by atoms with van der Waals surface area (Å²) in [5.41, 5.74) is 6.79. The molecule has 98 valence electrons. The maximum absolute atomic E-state index is 3.68. The topological polar surface area (TPSA) is 12.0 Å². The minimum atomic E-state index is 0.448.